The average molecular weight is 363 g/mol. The molecule has 0 saturated carbocycles. The third kappa shape index (κ3) is 4.62. The monoisotopic (exact) mass is 363 g/mol. The van der Waals surface area contributed by atoms with Crippen molar-refractivity contribution in [2.45, 2.75) is 24.9 Å². The van der Waals surface area contributed by atoms with E-state index in [9.17, 15) is 18.5 Å². The number of rotatable bonds is 7. The first-order valence-corrected chi connectivity index (χ1v) is 9.12. The maximum absolute atomic E-state index is 12.0. The van der Waals surface area contributed by atoms with Crippen molar-refractivity contribution < 1.29 is 13.3 Å². The maximum atomic E-state index is 12.0. The lowest BCUT2D eigenvalue weighted by molar-refractivity contribution is -0.385. The van der Waals surface area contributed by atoms with Crippen molar-refractivity contribution in [2.24, 2.45) is 0 Å². The van der Waals surface area contributed by atoms with Gasteiger partial charge in [-0.05, 0) is 30.2 Å². The van der Waals surface area contributed by atoms with Crippen molar-refractivity contribution >= 4 is 15.7 Å². The second-order valence-corrected chi connectivity index (χ2v) is 8.06. The molecule has 134 valence electrons. The molecule has 2 rings (SSSR count). The zero-order valence-electron chi connectivity index (χ0n) is 14.4. The van der Waals surface area contributed by atoms with Crippen molar-refractivity contribution in [3.63, 3.8) is 0 Å². The van der Waals surface area contributed by atoms with Crippen molar-refractivity contribution in [2.75, 3.05) is 14.1 Å². The standard InChI is InChI=1S/C17H21N3O4S/c1-13-4-5-15(10-17(13)20(21)22)12-18-11-14-6-8-16(9-7-14)25(23,24)19(2)3/h4-10,18H,11-12H2,1-3H3. The van der Waals surface area contributed by atoms with Gasteiger partial charge >= 0.3 is 0 Å². The molecule has 1 N–H and O–H groups in total. The Bertz CT molecular complexity index is 862. The Kier molecular flexibility index (Phi) is 5.89. The molecule has 0 spiro atoms. The summed E-state index contributed by atoms with van der Waals surface area (Å²) in [5.41, 5.74) is 2.49. The fraction of sp³-hybridized carbons (Fsp3) is 0.294. The van der Waals surface area contributed by atoms with Crippen molar-refractivity contribution in [1.29, 1.82) is 0 Å². The van der Waals surface area contributed by atoms with Crippen LogP contribution in [-0.4, -0.2) is 31.7 Å². The number of nitrogens with zero attached hydrogens (tertiary/aromatic N) is 2. The van der Waals surface area contributed by atoms with E-state index in [1.807, 2.05) is 6.07 Å². The molecule has 25 heavy (non-hydrogen) atoms. The van der Waals surface area contributed by atoms with E-state index in [0.29, 0.717) is 18.7 Å². The molecule has 0 aromatic heterocycles. The van der Waals surface area contributed by atoms with Crippen molar-refractivity contribution in [3.8, 4) is 0 Å². The number of nitrogens with one attached hydrogen (secondary N) is 1. The second-order valence-electron chi connectivity index (χ2n) is 5.91. The summed E-state index contributed by atoms with van der Waals surface area (Å²) < 4.78 is 25.2. The van der Waals surface area contributed by atoms with Crippen LogP contribution in [0.5, 0.6) is 0 Å². The average Bonchev–Trinajstić information content (AvgIpc) is 2.56. The molecule has 8 heteroatoms. The molecule has 0 bridgehead atoms. The smallest absolute Gasteiger partial charge is 0.272 e. The number of nitro groups is 1. The summed E-state index contributed by atoms with van der Waals surface area (Å²) in [7, 11) is -0.442. The van der Waals surface area contributed by atoms with Crippen molar-refractivity contribution in [1.82, 2.24) is 9.62 Å². The summed E-state index contributed by atoms with van der Waals surface area (Å²) >= 11 is 0. The minimum atomic E-state index is -3.43. The van der Waals surface area contributed by atoms with Crippen LogP contribution in [0, 0.1) is 17.0 Å². The van der Waals surface area contributed by atoms with Gasteiger partial charge in [-0.15, -0.1) is 0 Å². The van der Waals surface area contributed by atoms with Gasteiger partial charge in [-0.2, -0.15) is 0 Å². The van der Waals surface area contributed by atoms with Crippen LogP contribution >= 0.6 is 0 Å². The van der Waals surface area contributed by atoms with Crippen LogP contribution in [0.2, 0.25) is 0 Å². The van der Waals surface area contributed by atoms with Crippen LogP contribution < -0.4 is 5.32 Å². The number of benzene rings is 2. The van der Waals surface area contributed by atoms with E-state index in [4.69, 9.17) is 0 Å². The Morgan fingerprint density at radius 3 is 2.16 bits per heavy atom. The van der Waals surface area contributed by atoms with Gasteiger partial charge < -0.3 is 5.32 Å². The van der Waals surface area contributed by atoms with Gasteiger partial charge in [0.2, 0.25) is 10.0 Å². The lowest BCUT2D eigenvalue weighted by Crippen LogP contribution is -2.22. The Hall–Kier alpha value is -2.29. The van der Waals surface area contributed by atoms with Crippen LogP contribution in [0.25, 0.3) is 0 Å². The van der Waals surface area contributed by atoms with Gasteiger partial charge in [0.1, 0.15) is 0 Å². The van der Waals surface area contributed by atoms with E-state index in [0.717, 1.165) is 11.1 Å². The number of sulfonamides is 1. The van der Waals surface area contributed by atoms with Crippen LogP contribution in [0.1, 0.15) is 16.7 Å². The SMILES string of the molecule is Cc1ccc(CNCc2ccc(S(=O)(=O)N(C)C)cc2)cc1[N+](=O)[O-]. The summed E-state index contributed by atoms with van der Waals surface area (Å²) in [4.78, 5) is 10.8. The highest BCUT2D eigenvalue weighted by Gasteiger charge is 2.16. The highest BCUT2D eigenvalue weighted by atomic mass is 32.2. The molecule has 2 aromatic carbocycles. The predicted molar refractivity (Wildman–Crippen MR) is 95.7 cm³/mol. The molecular formula is C17H21N3O4S. The molecule has 0 aliphatic carbocycles. The van der Waals surface area contributed by atoms with Gasteiger partial charge in [0.15, 0.2) is 0 Å². The topological polar surface area (TPSA) is 92.6 Å². The summed E-state index contributed by atoms with van der Waals surface area (Å²) in [5.74, 6) is 0. The number of hydrogen-bond acceptors (Lipinski definition) is 5. The molecule has 0 fully saturated rings. The fourth-order valence-electron chi connectivity index (χ4n) is 2.30. The zero-order valence-corrected chi connectivity index (χ0v) is 15.2. The van der Waals surface area contributed by atoms with Gasteiger partial charge in [-0.1, -0.05) is 24.3 Å². The Balaban J connectivity index is 1.99. The normalized spacial score (nSPS) is 11.7. The second kappa shape index (κ2) is 7.73. The molecule has 0 aliphatic rings. The zero-order chi connectivity index (χ0) is 18.6. The Labute approximate surface area is 147 Å². The molecule has 0 aliphatic heterocycles. The van der Waals surface area contributed by atoms with E-state index in [2.05, 4.69) is 5.32 Å². The highest BCUT2D eigenvalue weighted by molar-refractivity contribution is 7.89. The number of aryl methyl sites for hydroxylation is 1. The number of nitro benzene ring substituents is 1. The molecule has 0 atom stereocenters. The third-order valence-corrected chi connectivity index (χ3v) is 5.66. The van der Waals surface area contributed by atoms with E-state index >= 15 is 0 Å². The van der Waals surface area contributed by atoms with Crippen LogP contribution in [0.15, 0.2) is 47.4 Å². The lowest BCUT2D eigenvalue weighted by atomic mass is 10.1. The summed E-state index contributed by atoms with van der Waals surface area (Å²) in [5, 5.41) is 14.2. The van der Waals surface area contributed by atoms with Gasteiger partial charge in [0, 0.05) is 38.8 Å². The van der Waals surface area contributed by atoms with Gasteiger partial charge in [0.05, 0.1) is 9.82 Å². The van der Waals surface area contributed by atoms with E-state index in [1.165, 1.54) is 18.4 Å². The molecular weight excluding hydrogens is 342 g/mol. The first-order chi connectivity index (χ1) is 11.7. The van der Waals surface area contributed by atoms with Gasteiger partial charge in [-0.3, -0.25) is 10.1 Å². The molecule has 7 nitrogen and oxygen atoms in total. The Morgan fingerprint density at radius 1 is 1.04 bits per heavy atom. The third-order valence-electron chi connectivity index (χ3n) is 3.83. The van der Waals surface area contributed by atoms with Crippen LogP contribution in [-0.2, 0) is 23.1 Å². The van der Waals surface area contributed by atoms with E-state index in [1.54, 1.807) is 43.3 Å². The Morgan fingerprint density at radius 2 is 1.60 bits per heavy atom. The van der Waals surface area contributed by atoms with Crippen molar-refractivity contribution in [3.05, 3.63) is 69.3 Å². The van der Waals surface area contributed by atoms with E-state index < -0.39 is 10.0 Å². The minimum Gasteiger partial charge on any atom is -0.309 e. The van der Waals surface area contributed by atoms with Gasteiger partial charge in [-0.25, -0.2) is 12.7 Å². The van der Waals surface area contributed by atoms with E-state index in [-0.39, 0.29) is 15.5 Å². The molecule has 0 heterocycles. The quantitative estimate of drug-likeness (QED) is 0.602. The van der Waals surface area contributed by atoms with Crippen LogP contribution in [0.4, 0.5) is 5.69 Å². The minimum absolute atomic E-state index is 0.109. The molecule has 2 aromatic rings. The maximum Gasteiger partial charge on any atom is 0.272 e. The van der Waals surface area contributed by atoms with Crippen LogP contribution in [0.3, 0.4) is 0 Å². The fourth-order valence-corrected chi connectivity index (χ4v) is 3.20. The predicted octanol–water partition coefficient (Wildman–Crippen LogP) is 2.44. The molecule has 0 saturated heterocycles. The molecule has 0 amide bonds. The lowest BCUT2D eigenvalue weighted by Gasteiger charge is -2.12. The number of hydrogen-bond donors (Lipinski definition) is 1. The summed E-state index contributed by atoms with van der Waals surface area (Å²) in [6.07, 6.45) is 0. The first-order valence-electron chi connectivity index (χ1n) is 7.68. The molecule has 0 radical (unpaired) electrons. The van der Waals surface area contributed by atoms with Gasteiger partial charge in [0.25, 0.3) is 5.69 Å². The summed E-state index contributed by atoms with van der Waals surface area (Å²) in [6, 6.07) is 11.8. The molecule has 0 unspecified atom stereocenters. The largest absolute Gasteiger partial charge is 0.309 e. The highest BCUT2D eigenvalue weighted by Crippen LogP contribution is 2.19. The first kappa shape index (κ1) is 19.0. The summed E-state index contributed by atoms with van der Waals surface area (Å²) in [6.45, 7) is 2.72.